The van der Waals surface area contributed by atoms with Gasteiger partial charge in [0, 0.05) is 12.6 Å². The van der Waals surface area contributed by atoms with E-state index in [-0.39, 0.29) is 17.7 Å². The summed E-state index contributed by atoms with van der Waals surface area (Å²) in [4.78, 5) is 28.0. The van der Waals surface area contributed by atoms with Crippen molar-refractivity contribution >= 4 is 17.6 Å². The van der Waals surface area contributed by atoms with Gasteiger partial charge >= 0.3 is 0 Å². The van der Waals surface area contributed by atoms with Crippen LogP contribution >= 0.6 is 0 Å². The first-order valence-corrected chi connectivity index (χ1v) is 7.08. The van der Waals surface area contributed by atoms with Crippen LogP contribution in [-0.2, 0) is 9.59 Å². The van der Waals surface area contributed by atoms with E-state index in [1.54, 1.807) is 6.07 Å². The Balaban J connectivity index is 2.07. The van der Waals surface area contributed by atoms with Gasteiger partial charge < -0.3 is 10.6 Å². The van der Waals surface area contributed by atoms with Crippen molar-refractivity contribution in [3.63, 3.8) is 0 Å². The predicted octanol–water partition coefficient (Wildman–Crippen LogP) is 2.02. The molecule has 0 unspecified atom stereocenters. The molecule has 0 aliphatic heterocycles. The Kier molecular flexibility index (Phi) is 4.71. The summed E-state index contributed by atoms with van der Waals surface area (Å²) in [6, 6.07) is 5.01. The fourth-order valence-electron chi connectivity index (χ4n) is 2.72. The van der Waals surface area contributed by atoms with Crippen LogP contribution in [0.1, 0.15) is 38.3 Å². The molecule has 0 saturated heterocycles. The lowest BCUT2D eigenvalue weighted by atomic mass is 9.97. The van der Waals surface area contributed by atoms with Crippen LogP contribution in [-0.4, -0.2) is 22.8 Å². The number of rotatable bonds is 4. The summed E-state index contributed by atoms with van der Waals surface area (Å²) in [6.07, 6.45) is 4.21. The van der Waals surface area contributed by atoms with Gasteiger partial charge in [0.2, 0.25) is 11.8 Å². The van der Waals surface area contributed by atoms with Gasteiger partial charge in [0.1, 0.15) is 11.9 Å². The number of aryl methyl sites for hydroxylation is 1. The van der Waals surface area contributed by atoms with Crippen molar-refractivity contribution < 1.29 is 9.59 Å². The predicted molar refractivity (Wildman–Crippen MR) is 77.2 cm³/mol. The van der Waals surface area contributed by atoms with Crippen LogP contribution in [0, 0.1) is 12.8 Å². The molecule has 1 fully saturated rings. The Labute approximate surface area is 119 Å². The van der Waals surface area contributed by atoms with E-state index >= 15 is 0 Å². The van der Waals surface area contributed by atoms with Crippen molar-refractivity contribution in [1.82, 2.24) is 10.3 Å². The van der Waals surface area contributed by atoms with Crippen molar-refractivity contribution in [3.05, 3.63) is 23.9 Å². The van der Waals surface area contributed by atoms with Gasteiger partial charge in [-0.05, 0) is 37.8 Å². The van der Waals surface area contributed by atoms with Gasteiger partial charge in [-0.1, -0.05) is 18.9 Å². The number of pyridine rings is 1. The van der Waals surface area contributed by atoms with Crippen molar-refractivity contribution in [1.29, 1.82) is 0 Å². The van der Waals surface area contributed by atoms with Crippen LogP contribution < -0.4 is 10.6 Å². The highest BCUT2D eigenvalue weighted by molar-refractivity contribution is 5.96. The fraction of sp³-hybridized carbons (Fsp3) is 0.533. The molecule has 20 heavy (non-hydrogen) atoms. The summed E-state index contributed by atoms with van der Waals surface area (Å²) >= 11 is 0. The standard InChI is InChI=1S/C15H21N3O2/c1-10-6-5-9-13(16-10)18-15(20)14(17-11(2)19)12-7-3-4-8-12/h5-6,9,12,14H,3-4,7-8H2,1-2H3,(H,17,19)(H,16,18,20)/t14-/m1/s1. The monoisotopic (exact) mass is 275 g/mol. The van der Waals surface area contributed by atoms with E-state index in [4.69, 9.17) is 0 Å². The average molecular weight is 275 g/mol. The second kappa shape index (κ2) is 6.50. The molecule has 1 aliphatic carbocycles. The highest BCUT2D eigenvalue weighted by Crippen LogP contribution is 2.28. The van der Waals surface area contributed by atoms with Crippen LogP contribution in [0.25, 0.3) is 0 Å². The fourth-order valence-corrected chi connectivity index (χ4v) is 2.72. The number of carbonyl (C=O) groups is 2. The van der Waals surface area contributed by atoms with Gasteiger partial charge in [0.15, 0.2) is 0 Å². The Bertz CT molecular complexity index is 496. The Morgan fingerprint density at radius 2 is 2.00 bits per heavy atom. The molecule has 1 atom stereocenters. The van der Waals surface area contributed by atoms with E-state index in [1.165, 1.54) is 6.92 Å². The van der Waals surface area contributed by atoms with Gasteiger partial charge in [0.05, 0.1) is 0 Å². The first-order chi connectivity index (χ1) is 9.56. The molecule has 0 spiro atoms. The molecule has 2 amide bonds. The number of nitrogens with one attached hydrogen (secondary N) is 2. The molecule has 5 heteroatoms. The maximum Gasteiger partial charge on any atom is 0.248 e. The lowest BCUT2D eigenvalue weighted by molar-refractivity contribution is -0.126. The van der Waals surface area contributed by atoms with Gasteiger partial charge in [-0.3, -0.25) is 9.59 Å². The molecule has 5 nitrogen and oxygen atoms in total. The molecule has 0 bridgehead atoms. The minimum absolute atomic E-state index is 0.172. The topological polar surface area (TPSA) is 71.1 Å². The van der Waals surface area contributed by atoms with Gasteiger partial charge in [-0.2, -0.15) is 0 Å². The maximum absolute atomic E-state index is 12.4. The van der Waals surface area contributed by atoms with Crippen LogP contribution in [0.4, 0.5) is 5.82 Å². The summed E-state index contributed by atoms with van der Waals surface area (Å²) < 4.78 is 0. The third kappa shape index (κ3) is 3.79. The van der Waals surface area contributed by atoms with Crippen LogP contribution in [0.2, 0.25) is 0 Å². The highest BCUT2D eigenvalue weighted by atomic mass is 16.2. The molecule has 1 aliphatic rings. The van der Waals surface area contributed by atoms with Crippen molar-refractivity contribution in [2.75, 3.05) is 5.32 Å². The Morgan fingerprint density at radius 1 is 1.30 bits per heavy atom. The van der Waals surface area contributed by atoms with E-state index in [0.29, 0.717) is 5.82 Å². The zero-order valence-electron chi connectivity index (χ0n) is 12.0. The molecule has 1 saturated carbocycles. The smallest absolute Gasteiger partial charge is 0.248 e. The quantitative estimate of drug-likeness (QED) is 0.883. The van der Waals surface area contributed by atoms with E-state index in [1.807, 2.05) is 19.1 Å². The molecule has 2 N–H and O–H groups in total. The van der Waals surface area contributed by atoms with E-state index in [0.717, 1.165) is 31.4 Å². The molecule has 2 rings (SSSR count). The zero-order valence-corrected chi connectivity index (χ0v) is 12.0. The molecule has 1 heterocycles. The number of amides is 2. The first-order valence-electron chi connectivity index (χ1n) is 7.08. The molecular formula is C15H21N3O2. The third-order valence-corrected chi connectivity index (χ3v) is 3.65. The largest absolute Gasteiger partial charge is 0.344 e. The summed E-state index contributed by atoms with van der Waals surface area (Å²) in [6.45, 7) is 3.32. The SMILES string of the molecule is CC(=O)N[C@@H](C(=O)Nc1cccc(C)n1)C1CCCC1. The van der Waals surface area contributed by atoms with E-state index in [2.05, 4.69) is 15.6 Å². The van der Waals surface area contributed by atoms with E-state index in [9.17, 15) is 9.59 Å². The van der Waals surface area contributed by atoms with Crippen LogP contribution in [0.3, 0.4) is 0 Å². The summed E-state index contributed by atoms with van der Waals surface area (Å²) in [5, 5.41) is 5.58. The molecule has 1 aromatic rings. The third-order valence-electron chi connectivity index (χ3n) is 3.65. The summed E-state index contributed by atoms with van der Waals surface area (Å²) in [5.41, 5.74) is 0.847. The Hall–Kier alpha value is -1.91. The Morgan fingerprint density at radius 3 is 2.60 bits per heavy atom. The maximum atomic E-state index is 12.4. The molecule has 1 aromatic heterocycles. The van der Waals surface area contributed by atoms with E-state index < -0.39 is 6.04 Å². The van der Waals surface area contributed by atoms with Crippen molar-refractivity contribution in [2.24, 2.45) is 5.92 Å². The van der Waals surface area contributed by atoms with Gasteiger partial charge in [-0.25, -0.2) is 4.98 Å². The van der Waals surface area contributed by atoms with Crippen molar-refractivity contribution in [3.8, 4) is 0 Å². The average Bonchev–Trinajstić information content (AvgIpc) is 2.89. The summed E-state index contributed by atoms with van der Waals surface area (Å²) in [7, 11) is 0. The minimum Gasteiger partial charge on any atom is -0.344 e. The molecule has 0 radical (unpaired) electrons. The second-order valence-corrected chi connectivity index (χ2v) is 5.38. The molecular weight excluding hydrogens is 254 g/mol. The molecule has 0 aromatic carbocycles. The number of nitrogens with zero attached hydrogens (tertiary/aromatic N) is 1. The second-order valence-electron chi connectivity index (χ2n) is 5.38. The normalized spacial score (nSPS) is 16.7. The van der Waals surface area contributed by atoms with Crippen LogP contribution in [0.5, 0.6) is 0 Å². The number of carbonyl (C=O) groups excluding carboxylic acids is 2. The number of aromatic nitrogens is 1. The first kappa shape index (κ1) is 14.5. The number of hydrogen-bond acceptors (Lipinski definition) is 3. The highest BCUT2D eigenvalue weighted by Gasteiger charge is 2.31. The van der Waals surface area contributed by atoms with Crippen LogP contribution in [0.15, 0.2) is 18.2 Å². The van der Waals surface area contributed by atoms with Gasteiger partial charge in [-0.15, -0.1) is 0 Å². The molecule has 108 valence electrons. The van der Waals surface area contributed by atoms with Crippen molar-refractivity contribution in [2.45, 2.75) is 45.6 Å². The summed E-state index contributed by atoms with van der Waals surface area (Å²) in [5.74, 6) is 0.409. The lowest BCUT2D eigenvalue weighted by Gasteiger charge is -2.23. The number of anilines is 1. The van der Waals surface area contributed by atoms with Gasteiger partial charge in [0.25, 0.3) is 0 Å². The lowest BCUT2D eigenvalue weighted by Crippen LogP contribution is -2.47. The minimum atomic E-state index is -0.461. The zero-order chi connectivity index (χ0) is 14.5. The number of hydrogen-bond donors (Lipinski definition) is 2.